The topological polar surface area (TPSA) is 61.4 Å². The minimum atomic E-state index is -0.600. The van der Waals surface area contributed by atoms with Crippen molar-refractivity contribution in [2.75, 3.05) is 0 Å². The predicted octanol–water partition coefficient (Wildman–Crippen LogP) is 6.27. The van der Waals surface area contributed by atoms with Crippen molar-refractivity contribution >= 4 is 34.2 Å². The van der Waals surface area contributed by atoms with Crippen molar-refractivity contribution in [2.24, 2.45) is 0 Å². The van der Waals surface area contributed by atoms with Gasteiger partial charge in [-0.05, 0) is 76.1 Å². The Hall–Kier alpha value is -3.34. The van der Waals surface area contributed by atoms with Crippen LogP contribution in [0.1, 0.15) is 42.5 Å². The number of ether oxygens (including phenoxy) is 1. The van der Waals surface area contributed by atoms with E-state index in [1.165, 1.54) is 0 Å². The number of carbonyl (C=O) groups excluding carboxylic acids is 2. The highest BCUT2D eigenvalue weighted by atomic mass is 16.6. The molecule has 0 saturated carbocycles. The summed E-state index contributed by atoms with van der Waals surface area (Å²) >= 11 is 0. The lowest BCUT2D eigenvalue weighted by molar-refractivity contribution is 0.0551. The van der Waals surface area contributed by atoms with E-state index in [0.717, 1.165) is 38.5 Å². The SMILES string of the molecule is Cc1ccc(C)c2c1c1cc(-c3ccc(C=O)o3)ccc1n2C(=O)OC(C)(C)C. The zero-order valence-corrected chi connectivity index (χ0v) is 17.2. The summed E-state index contributed by atoms with van der Waals surface area (Å²) in [4.78, 5) is 24.1. The second kappa shape index (κ2) is 6.62. The van der Waals surface area contributed by atoms with E-state index >= 15 is 0 Å². The molecule has 0 aliphatic rings. The lowest BCUT2D eigenvalue weighted by Crippen LogP contribution is -2.27. The van der Waals surface area contributed by atoms with E-state index in [0.29, 0.717) is 12.0 Å². The largest absolute Gasteiger partial charge is 0.453 e. The fourth-order valence-corrected chi connectivity index (χ4v) is 3.70. The molecule has 0 aliphatic heterocycles. The third kappa shape index (κ3) is 3.23. The van der Waals surface area contributed by atoms with Crippen LogP contribution in [0.4, 0.5) is 4.79 Å². The molecular weight excluding hydrogens is 366 g/mol. The first kappa shape index (κ1) is 19.0. The Labute approximate surface area is 168 Å². The maximum atomic E-state index is 13.1. The van der Waals surface area contributed by atoms with Gasteiger partial charge in [0, 0.05) is 16.3 Å². The number of hydrogen-bond donors (Lipinski definition) is 0. The van der Waals surface area contributed by atoms with Crippen LogP contribution in [0.15, 0.2) is 46.9 Å². The maximum Gasteiger partial charge on any atom is 0.419 e. The van der Waals surface area contributed by atoms with Gasteiger partial charge in [-0.1, -0.05) is 12.1 Å². The van der Waals surface area contributed by atoms with Gasteiger partial charge in [0.05, 0.1) is 11.0 Å². The molecule has 4 aromatic rings. The Bertz CT molecular complexity index is 1270. The molecule has 0 spiro atoms. The molecule has 0 unspecified atom stereocenters. The second-order valence-electron chi connectivity index (χ2n) is 8.29. The van der Waals surface area contributed by atoms with Gasteiger partial charge >= 0.3 is 6.09 Å². The van der Waals surface area contributed by atoms with Crippen LogP contribution in [0, 0.1) is 13.8 Å². The third-order valence-electron chi connectivity index (χ3n) is 4.92. The number of aldehydes is 1. The highest BCUT2D eigenvalue weighted by Gasteiger charge is 2.24. The molecular formula is C24H23NO4. The standard InChI is InChI=1S/C24H23NO4/c1-14-6-7-15(2)22-21(14)18-12-16(20-11-9-17(13-26)28-20)8-10-19(18)25(22)23(27)29-24(3,4)5/h6-13H,1-5H3. The first-order valence-electron chi connectivity index (χ1n) is 9.53. The smallest absolute Gasteiger partial charge is 0.419 e. The molecule has 5 nitrogen and oxygen atoms in total. The van der Waals surface area contributed by atoms with Crippen molar-refractivity contribution in [1.82, 2.24) is 4.57 Å². The minimum Gasteiger partial charge on any atom is -0.453 e. The van der Waals surface area contributed by atoms with Gasteiger partial charge in [-0.3, -0.25) is 4.79 Å². The molecule has 2 heterocycles. The molecule has 2 aromatic heterocycles. The second-order valence-corrected chi connectivity index (χ2v) is 8.29. The lowest BCUT2D eigenvalue weighted by atomic mass is 10.0. The average molecular weight is 389 g/mol. The number of hydrogen-bond acceptors (Lipinski definition) is 4. The van der Waals surface area contributed by atoms with Crippen molar-refractivity contribution in [3.8, 4) is 11.3 Å². The summed E-state index contributed by atoms with van der Waals surface area (Å²) in [6, 6.07) is 13.3. The molecule has 0 bridgehead atoms. The maximum absolute atomic E-state index is 13.1. The molecule has 148 valence electrons. The van der Waals surface area contributed by atoms with Gasteiger partial charge in [-0.2, -0.15) is 0 Å². The van der Waals surface area contributed by atoms with Gasteiger partial charge in [0.2, 0.25) is 0 Å². The highest BCUT2D eigenvalue weighted by molar-refractivity contribution is 6.15. The monoisotopic (exact) mass is 389 g/mol. The summed E-state index contributed by atoms with van der Waals surface area (Å²) in [6.45, 7) is 9.60. The normalized spacial score (nSPS) is 11.9. The quantitative estimate of drug-likeness (QED) is 0.379. The zero-order chi connectivity index (χ0) is 20.9. The summed E-state index contributed by atoms with van der Waals surface area (Å²) in [7, 11) is 0. The lowest BCUT2D eigenvalue weighted by Gasteiger charge is -2.20. The Morgan fingerprint density at radius 1 is 1.03 bits per heavy atom. The van der Waals surface area contributed by atoms with Gasteiger partial charge in [0.25, 0.3) is 0 Å². The number of fused-ring (bicyclic) bond motifs is 3. The molecule has 2 aromatic carbocycles. The Kier molecular flexibility index (Phi) is 4.34. The Morgan fingerprint density at radius 3 is 2.41 bits per heavy atom. The van der Waals surface area contributed by atoms with Gasteiger partial charge in [-0.25, -0.2) is 9.36 Å². The van der Waals surface area contributed by atoms with Crippen LogP contribution in [0.2, 0.25) is 0 Å². The molecule has 0 saturated heterocycles. The van der Waals surface area contributed by atoms with E-state index in [4.69, 9.17) is 9.15 Å². The van der Waals surface area contributed by atoms with Crippen molar-refractivity contribution < 1.29 is 18.7 Å². The van der Waals surface area contributed by atoms with Crippen molar-refractivity contribution in [3.63, 3.8) is 0 Å². The molecule has 0 N–H and O–H groups in total. The fourth-order valence-electron chi connectivity index (χ4n) is 3.70. The number of benzene rings is 2. The third-order valence-corrected chi connectivity index (χ3v) is 4.92. The summed E-state index contributed by atoms with van der Waals surface area (Å²) in [5.74, 6) is 0.890. The van der Waals surface area contributed by atoms with Crippen molar-refractivity contribution in [2.45, 2.75) is 40.2 Å². The van der Waals surface area contributed by atoms with Gasteiger partial charge in [0.1, 0.15) is 11.4 Å². The number of rotatable bonds is 2. The number of aromatic nitrogens is 1. The molecule has 0 aliphatic carbocycles. The molecule has 5 heteroatoms. The van der Waals surface area contributed by atoms with Crippen LogP contribution in [0.25, 0.3) is 33.1 Å². The van der Waals surface area contributed by atoms with E-state index in [1.807, 2.05) is 58.9 Å². The van der Waals surface area contributed by atoms with Crippen LogP contribution in [0.3, 0.4) is 0 Å². The molecule has 0 atom stereocenters. The zero-order valence-electron chi connectivity index (χ0n) is 17.2. The molecule has 0 amide bonds. The summed E-state index contributed by atoms with van der Waals surface area (Å²) in [6.07, 6.45) is 0.282. The van der Waals surface area contributed by atoms with E-state index in [-0.39, 0.29) is 5.76 Å². The van der Waals surface area contributed by atoms with Crippen LogP contribution in [-0.4, -0.2) is 22.5 Å². The van der Waals surface area contributed by atoms with Crippen LogP contribution in [-0.2, 0) is 4.74 Å². The van der Waals surface area contributed by atoms with Crippen LogP contribution in [0.5, 0.6) is 0 Å². The van der Waals surface area contributed by atoms with Gasteiger partial charge in [0.15, 0.2) is 12.0 Å². The van der Waals surface area contributed by atoms with Crippen molar-refractivity contribution in [3.05, 3.63) is 59.4 Å². The van der Waals surface area contributed by atoms with Gasteiger partial charge in [-0.15, -0.1) is 0 Å². The number of carbonyl (C=O) groups is 2. The molecule has 4 rings (SSSR count). The highest BCUT2D eigenvalue weighted by Crippen LogP contribution is 2.36. The number of nitrogens with zero attached hydrogens (tertiary/aromatic N) is 1. The number of furan rings is 1. The Morgan fingerprint density at radius 2 is 1.76 bits per heavy atom. The molecule has 0 fully saturated rings. The van der Waals surface area contributed by atoms with E-state index in [2.05, 4.69) is 6.07 Å². The van der Waals surface area contributed by atoms with Crippen LogP contribution < -0.4 is 0 Å². The molecule has 29 heavy (non-hydrogen) atoms. The summed E-state index contributed by atoms with van der Waals surface area (Å²) in [5.41, 5.74) is 3.93. The van der Waals surface area contributed by atoms with Crippen molar-refractivity contribution in [1.29, 1.82) is 0 Å². The summed E-state index contributed by atoms with van der Waals surface area (Å²) < 4.78 is 12.9. The Balaban J connectivity index is 2.03. The van der Waals surface area contributed by atoms with E-state index in [9.17, 15) is 9.59 Å². The first-order chi connectivity index (χ1) is 13.7. The minimum absolute atomic E-state index is 0.281. The predicted molar refractivity (Wildman–Crippen MR) is 114 cm³/mol. The first-order valence-corrected chi connectivity index (χ1v) is 9.53. The van der Waals surface area contributed by atoms with E-state index in [1.54, 1.807) is 16.7 Å². The van der Waals surface area contributed by atoms with Gasteiger partial charge < -0.3 is 9.15 Å². The summed E-state index contributed by atoms with van der Waals surface area (Å²) in [5, 5.41) is 1.95. The van der Waals surface area contributed by atoms with Crippen LogP contribution >= 0.6 is 0 Å². The fraction of sp³-hybridized carbons (Fsp3) is 0.250. The average Bonchev–Trinajstić information content (AvgIpc) is 3.26. The number of aryl methyl sites for hydroxylation is 2. The van der Waals surface area contributed by atoms with E-state index < -0.39 is 11.7 Å². The molecule has 0 radical (unpaired) electrons.